The molecule has 1 aliphatic carbocycles. The van der Waals surface area contributed by atoms with Gasteiger partial charge in [0.2, 0.25) is 5.95 Å². The number of aromatic nitrogens is 4. The zero-order valence-corrected chi connectivity index (χ0v) is 14.1. The summed E-state index contributed by atoms with van der Waals surface area (Å²) < 4.78 is 16.4. The Labute approximate surface area is 152 Å². The summed E-state index contributed by atoms with van der Waals surface area (Å²) in [5.41, 5.74) is 0.357. The summed E-state index contributed by atoms with van der Waals surface area (Å²) in [6.45, 7) is 0. The van der Waals surface area contributed by atoms with E-state index in [0.29, 0.717) is 11.7 Å². The number of nitrogens with one attached hydrogen (secondary N) is 1. The third-order valence-electron chi connectivity index (χ3n) is 4.01. The molecule has 2 aromatic heterocycles. The van der Waals surface area contributed by atoms with Crippen LogP contribution in [0.25, 0.3) is 11.3 Å². The molecule has 0 atom stereocenters. The van der Waals surface area contributed by atoms with Crippen LogP contribution in [-0.4, -0.2) is 30.8 Å². The average molecular weight is 374 g/mol. The molecule has 132 valence electrons. The molecule has 2 heterocycles. The van der Waals surface area contributed by atoms with Crippen LogP contribution >= 0.6 is 11.6 Å². The zero-order valence-electron chi connectivity index (χ0n) is 13.4. The summed E-state index contributed by atoms with van der Waals surface area (Å²) >= 11 is 6.11. The number of carbonyl (C=O) groups is 1. The number of rotatable bonds is 5. The van der Waals surface area contributed by atoms with E-state index in [1.165, 1.54) is 24.4 Å². The van der Waals surface area contributed by atoms with E-state index in [2.05, 4.69) is 20.4 Å². The van der Waals surface area contributed by atoms with Crippen molar-refractivity contribution < 1.29 is 14.3 Å². The quantitative estimate of drug-likeness (QED) is 0.704. The highest BCUT2D eigenvalue weighted by atomic mass is 35.5. The second-order valence-corrected chi connectivity index (χ2v) is 6.33. The van der Waals surface area contributed by atoms with E-state index in [-0.39, 0.29) is 22.2 Å². The topological polar surface area (TPSA) is 92.9 Å². The lowest BCUT2D eigenvalue weighted by molar-refractivity contribution is 0.0692. The van der Waals surface area contributed by atoms with E-state index in [9.17, 15) is 9.18 Å². The first-order valence-electron chi connectivity index (χ1n) is 7.89. The van der Waals surface area contributed by atoms with Gasteiger partial charge in [-0.25, -0.2) is 19.2 Å². The van der Waals surface area contributed by atoms with Crippen LogP contribution in [0.15, 0.2) is 36.8 Å². The fourth-order valence-corrected chi connectivity index (χ4v) is 2.76. The molecule has 1 saturated carbocycles. The molecule has 26 heavy (non-hydrogen) atoms. The lowest BCUT2D eigenvalue weighted by atomic mass is 10.1. The minimum absolute atomic E-state index is 0.00553. The Morgan fingerprint density at radius 1 is 1.35 bits per heavy atom. The molecule has 0 unspecified atom stereocenters. The van der Waals surface area contributed by atoms with Gasteiger partial charge in [0.25, 0.3) is 0 Å². The van der Waals surface area contributed by atoms with Gasteiger partial charge in [0.1, 0.15) is 5.82 Å². The van der Waals surface area contributed by atoms with Gasteiger partial charge in [-0.3, -0.25) is 4.68 Å². The molecule has 0 amide bonds. The van der Waals surface area contributed by atoms with Crippen molar-refractivity contribution in [3.05, 3.63) is 53.2 Å². The van der Waals surface area contributed by atoms with Crippen molar-refractivity contribution in [3.8, 4) is 11.3 Å². The number of hydrogen-bond acceptors (Lipinski definition) is 5. The summed E-state index contributed by atoms with van der Waals surface area (Å²) in [4.78, 5) is 19.5. The molecule has 1 fully saturated rings. The van der Waals surface area contributed by atoms with Crippen molar-refractivity contribution in [3.63, 3.8) is 0 Å². The molecular weight excluding hydrogens is 361 g/mol. The summed E-state index contributed by atoms with van der Waals surface area (Å²) in [5.74, 6) is -2.05. The Bertz CT molecular complexity index is 1000. The van der Waals surface area contributed by atoms with Gasteiger partial charge in [-0.2, -0.15) is 5.10 Å². The van der Waals surface area contributed by atoms with Gasteiger partial charge in [-0.05, 0) is 25.0 Å². The standard InChI is InChI=1S/C17H13ClFN5O2/c18-13-7-20-17(22-9-6-21-24(8-9)10-4-5-10)23-15(13)11-2-1-3-12(14(11)19)16(25)26/h1-3,6-8,10H,4-5H2,(H,25,26)(H,20,22,23). The Hall–Kier alpha value is -3.00. The molecule has 0 bridgehead atoms. The average Bonchev–Trinajstić information content (AvgIpc) is 3.36. The fraction of sp³-hybridized carbons (Fsp3) is 0.176. The number of anilines is 2. The zero-order chi connectivity index (χ0) is 18.3. The van der Waals surface area contributed by atoms with Gasteiger partial charge < -0.3 is 10.4 Å². The predicted octanol–water partition coefficient (Wildman–Crippen LogP) is 3.91. The maximum atomic E-state index is 14.5. The molecule has 0 saturated heterocycles. The van der Waals surface area contributed by atoms with Crippen LogP contribution in [0, 0.1) is 5.82 Å². The van der Waals surface area contributed by atoms with Gasteiger partial charge in [0, 0.05) is 11.8 Å². The molecule has 0 radical (unpaired) electrons. The molecule has 3 aromatic rings. The molecule has 9 heteroatoms. The number of carboxylic acids is 1. The second kappa shape index (κ2) is 6.38. The number of hydrogen-bond donors (Lipinski definition) is 2. The summed E-state index contributed by atoms with van der Waals surface area (Å²) in [7, 11) is 0. The number of halogens is 2. The Kier molecular flexibility index (Phi) is 4.04. The van der Waals surface area contributed by atoms with Gasteiger partial charge >= 0.3 is 5.97 Å². The Balaban J connectivity index is 1.68. The summed E-state index contributed by atoms with van der Waals surface area (Å²) in [6.07, 6.45) is 7.07. The molecule has 1 aromatic carbocycles. The molecule has 2 N–H and O–H groups in total. The van der Waals surface area contributed by atoms with Gasteiger partial charge in [0.05, 0.1) is 40.4 Å². The van der Waals surface area contributed by atoms with Crippen LogP contribution in [0.5, 0.6) is 0 Å². The van der Waals surface area contributed by atoms with Crippen LogP contribution in [0.4, 0.5) is 16.0 Å². The monoisotopic (exact) mass is 373 g/mol. The van der Waals surface area contributed by atoms with Crippen molar-refractivity contribution >= 4 is 29.2 Å². The van der Waals surface area contributed by atoms with Crippen LogP contribution in [0.2, 0.25) is 5.02 Å². The molecule has 1 aliphatic rings. The highest BCUT2D eigenvalue weighted by Crippen LogP contribution is 2.35. The maximum absolute atomic E-state index is 14.5. The van der Waals surface area contributed by atoms with Crippen LogP contribution in [0.1, 0.15) is 29.2 Å². The van der Waals surface area contributed by atoms with E-state index < -0.39 is 17.3 Å². The van der Waals surface area contributed by atoms with Crippen molar-refractivity contribution in [1.29, 1.82) is 0 Å². The highest BCUT2D eigenvalue weighted by molar-refractivity contribution is 6.33. The fourth-order valence-electron chi connectivity index (χ4n) is 2.57. The van der Waals surface area contributed by atoms with E-state index in [1.54, 1.807) is 6.20 Å². The number of carboxylic acid groups (broad SMARTS) is 1. The van der Waals surface area contributed by atoms with Crippen LogP contribution < -0.4 is 5.32 Å². The van der Waals surface area contributed by atoms with Crippen molar-refractivity contribution in [2.75, 3.05) is 5.32 Å². The summed E-state index contributed by atoms with van der Waals surface area (Å²) in [6, 6.07) is 4.49. The molecule has 0 spiro atoms. The second-order valence-electron chi connectivity index (χ2n) is 5.93. The number of nitrogens with zero attached hydrogens (tertiary/aromatic N) is 4. The van der Waals surface area contributed by atoms with E-state index in [0.717, 1.165) is 12.8 Å². The third-order valence-corrected chi connectivity index (χ3v) is 4.28. The van der Waals surface area contributed by atoms with Crippen molar-refractivity contribution in [1.82, 2.24) is 19.7 Å². The van der Waals surface area contributed by atoms with Crippen molar-refractivity contribution in [2.24, 2.45) is 0 Å². The number of benzene rings is 1. The summed E-state index contributed by atoms with van der Waals surface area (Å²) in [5, 5.41) is 16.5. The molecule has 7 nitrogen and oxygen atoms in total. The molecule has 0 aliphatic heterocycles. The highest BCUT2D eigenvalue weighted by Gasteiger charge is 2.24. The number of aromatic carboxylic acids is 1. The first kappa shape index (κ1) is 16.5. The lowest BCUT2D eigenvalue weighted by Crippen LogP contribution is -2.04. The van der Waals surface area contributed by atoms with E-state index in [1.807, 2.05) is 10.9 Å². The first-order valence-corrected chi connectivity index (χ1v) is 8.26. The lowest BCUT2D eigenvalue weighted by Gasteiger charge is -2.09. The third kappa shape index (κ3) is 3.11. The van der Waals surface area contributed by atoms with Gasteiger partial charge in [0.15, 0.2) is 0 Å². The predicted molar refractivity (Wildman–Crippen MR) is 93.2 cm³/mol. The minimum Gasteiger partial charge on any atom is -0.478 e. The van der Waals surface area contributed by atoms with Crippen molar-refractivity contribution in [2.45, 2.75) is 18.9 Å². The smallest absolute Gasteiger partial charge is 0.338 e. The SMILES string of the molecule is O=C(O)c1cccc(-c2nc(Nc3cnn(C4CC4)c3)ncc2Cl)c1F. The normalized spacial score (nSPS) is 13.6. The van der Waals surface area contributed by atoms with E-state index >= 15 is 0 Å². The van der Waals surface area contributed by atoms with Gasteiger partial charge in [-0.1, -0.05) is 17.7 Å². The van der Waals surface area contributed by atoms with Crippen LogP contribution in [-0.2, 0) is 0 Å². The maximum Gasteiger partial charge on any atom is 0.338 e. The van der Waals surface area contributed by atoms with Gasteiger partial charge in [-0.15, -0.1) is 0 Å². The Morgan fingerprint density at radius 3 is 2.88 bits per heavy atom. The minimum atomic E-state index is -1.36. The molecular formula is C17H13ClFN5O2. The largest absolute Gasteiger partial charge is 0.478 e. The van der Waals surface area contributed by atoms with E-state index in [4.69, 9.17) is 16.7 Å². The first-order chi connectivity index (χ1) is 12.5. The van der Waals surface area contributed by atoms with Crippen LogP contribution in [0.3, 0.4) is 0 Å². The molecule has 4 rings (SSSR count). The Morgan fingerprint density at radius 2 is 2.15 bits per heavy atom.